The topological polar surface area (TPSA) is 115 Å². The van der Waals surface area contributed by atoms with Crippen LogP contribution in [0.2, 0.25) is 0 Å². The number of aromatic nitrogens is 4. The largest absolute Gasteiger partial charge is 0.275 e. The first-order chi connectivity index (χ1) is 7.09. The zero-order valence-electron chi connectivity index (χ0n) is 7.45. The maximum atomic E-state index is 11.2. The maximum Gasteiger partial charge on any atom is 0.241 e. The molecule has 0 spiro atoms. The minimum Gasteiger partial charge on any atom is -0.275 e. The number of nitrogens with one attached hydrogen (secondary N) is 1. The summed E-state index contributed by atoms with van der Waals surface area (Å²) in [5, 5.41) is 11.1. The lowest BCUT2D eigenvalue weighted by molar-refractivity contribution is 0.598. The predicted octanol–water partition coefficient (Wildman–Crippen LogP) is -0.486. The quantitative estimate of drug-likeness (QED) is 0.715. The third kappa shape index (κ3) is 1.85. The lowest BCUT2D eigenvalue weighted by Gasteiger charge is -1.98. The highest BCUT2D eigenvalue weighted by Crippen LogP contribution is 2.20. The molecule has 7 nitrogen and oxygen atoms in total. The molecule has 2 rings (SSSR count). The van der Waals surface area contributed by atoms with E-state index in [0.29, 0.717) is 5.69 Å². The van der Waals surface area contributed by atoms with Gasteiger partial charge in [-0.15, -0.1) is 0 Å². The van der Waals surface area contributed by atoms with E-state index < -0.39 is 10.0 Å². The summed E-state index contributed by atoms with van der Waals surface area (Å²) in [6, 6.07) is 0. The van der Waals surface area contributed by atoms with Gasteiger partial charge in [0.1, 0.15) is 16.3 Å². The molecule has 78 valence electrons. The first-order valence-corrected chi connectivity index (χ1v) is 5.46. The fourth-order valence-corrected chi connectivity index (χ4v) is 1.74. The van der Waals surface area contributed by atoms with Crippen LogP contribution in [0.3, 0.4) is 0 Å². The lowest BCUT2D eigenvalue weighted by atomic mass is 10.3. The second-order valence-electron chi connectivity index (χ2n) is 2.74. The third-order valence-electron chi connectivity index (χ3n) is 1.73. The lowest BCUT2D eigenvalue weighted by Crippen LogP contribution is -2.12. The molecule has 8 heteroatoms. The number of H-pyrrole nitrogens is 1. The molecule has 15 heavy (non-hydrogen) atoms. The Morgan fingerprint density at radius 2 is 2.07 bits per heavy atom. The Kier molecular flexibility index (Phi) is 2.21. The molecule has 0 aliphatic rings. The van der Waals surface area contributed by atoms with Crippen molar-refractivity contribution < 1.29 is 8.42 Å². The average Bonchev–Trinajstić information content (AvgIpc) is 2.67. The van der Waals surface area contributed by atoms with Gasteiger partial charge in [-0.25, -0.2) is 13.6 Å². The maximum absolute atomic E-state index is 11.2. The summed E-state index contributed by atoms with van der Waals surface area (Å²) in [5.74, 6) is 0. The SMILES string of the molecule is NS(=O)(=O)c1cn[nH]c1-c1cnccn1. The highest BCUT2D eigenvalue weighted by Gasteiger charge is 2.18. The van der Waals surface area contributed by atoms with Crippen LogP contribution in [0.5, 0.6) is 0 Å². The normalized spacial score (nSPS) is 11.5. The number of hydrogen-bond donors (Lipinski definition) is 2. The number of nitrogens with zero attached hydrogens (tertiary/aromatic N) is 3. The number of nitrogens with two attached hydrogens (primary N) is 1. The van der Waals surface area contributed by atoms with E-state index in [1.54, 1.807) is 0 Å². The molecule has 0 aliphatic carbocycles. The van der Waals surface area contributed by atoms with Gasteiger partial charge >= 0.3 is 0 Å². The zero-order chi connectivity index (χ0) is 10.9. The van der Waals surface area contributed by atoms with Crippen LogP contribution >= 0.6 is 0 Å². The van der Waals surface area contributed by atoms with Gasteiger partial charge < -0.3 is 0 Å². The fourth-order valence-electron chi connectivity index (χ4n) is 1.10. The van der Waals surface area contributed by atoms with Crippen LogP contribution in [0.1, 0.15) is 0 Å². The van der Waals surface area contributed by atoms with Crippen molar-refractivity contribution in [3.8, 4) is 11.4 Å². The minimum atomic E-state index is -3.80. The van der Waals surface area contributed by atoms with E-state index in [0.717, 1.165) is 6.20 Å². The van der Waals surface area contributed by atoms with Crippen LogP contribution in [0.15, 0.2) is 29.7 Å². The smallest absolute Gasteiger partial charge is 0.241 e. The van der Waals surface area contributed by atoms with Gasteiger partial charge in [0, 0.05) is 12.4 Å². The van der Waals surface area contributed by atoms with E-state index in [4.69, 9.17) is 5.14 Å². The van der Waals surface area contributed by atoms with Crippen molar-refractivity contribution in [2.24, 2.45) is 5.14 Å². The molecule has 0 amide bonds. The van der Waals surface area contributed by atoms with Crippen LogP contribution in [-0.4, -0.2) is 28.6 Å². The molecule has 0 unspecified atom stereocenters. The van der Waals surface area contributed by atoms with Crippen molar-refractivity contribution in [1.82, 2.24) is 20.2 Å². The molecule has 2 aromatic rings. The molecule has 0 atom stereocenters. The van der Waals surface area contributed by atoms with Crippen LogP contribution in [0, 0.1) is 0 Å². The third-order valence-corrected chi connectivity index (χ3v) is 2.65. The van der Waals surface area contributed by atoms with Gasteiger partial charge in [-0.2, -0.15) is 5.10 Å². The van der Waals surface area contributed by atoms with Gasteiger partial charge in [-0.05, 0) is 0 Å². The first kappa shape index (κ1) is 9.74. The summed E-state index contributed by atoms with van der Waals surface area (Å²) in [4.78, 5) is 7.67. The van der Waals surface area contributed by atoms with E-state index >= 15 is 0 Å². The molecule has 2 heterocycles. The van der Waals surface area contributed by atoms with Crippen molar-refractivity contribution >= 4 is 10.0 Å². The van der Waals surface area contributed by atoms with Crippen molar-refractivity contribution in [3.05, 3.63) is 24.8 Å². The van der Waals surface area contributed by atoms with Crippen molar-refractivity contribution in [3.63, 3.8) is 0 Å². The number of primary sulfonamides is 1. The van der Waals surface area contributed by atoms with Crippen LogP contribution < -0.4 is 5.14 Å². The summed E-state index contributed by atoms with van der Waals surface area (Å²) in [5.41, 5.74) is 0.615. The zero-order valence-corrected chi connectivity index (χ0v) is 8.27. The molecule has 0 saturated heterocycles. The van der Waals surface area contributed by atoms with Crippen LogP contribution in [0.25, 0.3) is 11.4 Å². The van der Waals surface area contributed by atoms with Gasteiger partial charge in [0.25, 0.3) is 0 Å². The summed E-state index contributed by atoms with van der Waals surface area (Å²) in [7, 11) is -3.80. The Morgan fingerprint density at radius 1 is 1.27 bits per heavy atom. The van der Waals surface area contributed by atoms with Crippen LogP contribution in [-0.2, 0) is 10.0 Å². The Morgan fingerprint density at radius 3 is 2.67 bits per heavy atom. The van der Waals surface area contributed by atoms with Crippen molar-refractivity contribution in [2.75, 3.05) is 0 Å². The standard InChI is InChI=1S/C7H7N5O2S/c8-15(13,14)6-4-11-12-7(6)5-3-9-1-2-10-5/h1-4H,(H,11,12)(H2,8,13,14). The molecule has 0 aliphatic heterocycles. The summed E-state index contributed by atoms with van der Waals surface area (Å²) >= 11 is 0. The Balaban J connectivity index is 2.61. The molecular weight excluding hydrogens is 218 g/mol. The summed E-state index contributed by atoms with van der Waals surface area (Å²) in [6.07, 6.45) is 5.49. The summed E-state index contributed by atoms with van der Waals surface area (Å²) < 4.78 is 22.3. The van der Waals surface area contributed by atoms with Gasteiger partial charge in [-0.3, -0.25) is 15.1 Å². The van der Waals surface area contributed by atoms with Crippen molar-refractivity contribution in [2.45, 2.75) is 4.90 Å². The van der Waals surface area contributed by atoms with E-state index in [-0.39, 0.29) is 10.6 Å². The van der Waals surface area contributed by atoms with Gasteiger partial charge in [0.15, 0.2) is 0 Å². The number of aromatic amines is 1. The van der Waals surface area contributed by atoms with E-state index in [1.807, 2.05) is 0 Å². The second-order valence-corrected chi connectivity index (χ2v) is 4.27. The molecule has 0 radical (unpaired) electrons. The van der Waals surface area contributed by atoms with Gasteiger partial charge in [0.2, 0.25) is 10.0 Å². The van der Waals surface area contributed by atoms with Gasteiger partial charge in [0.05, 0.1) is 12.4 Å². The first-order valence-electron chi connectivity index (χ1n) is 3.91. The van der Waals surface area contributed by atoms with Crippen molar-refractivity contribution in [1.29, 1.82) is 0 Å². The average molecular weight is 225 g/mol. The highest BCUT2D eigenvalue weighted by atomic mass is 32.2. The highest BCUT2D eigenvalue weighted by molar-refractivity contribution is 7.89. The minimum absolute atomic E-state index is 0.0944. The van der Waals surface area contributed by atoms with E-state index in [9.17, 15) is 8.42 Å². The fraction of sp³-hybridized carbons (Fsp3) is 0. The summed E-state index contributed by atoms with van der Waals surface area (Å²) in [6.45, 7) is 0. The second kappa shape index (κ2) is 3.41. The molecule has 3 N–H and O–H groups in total. The predicted molar refractivity (Wildman–Crippen MR) is 51.0 cm³/mol. The molecule has 0 bridgehead atoms. The number of rotatable bonds is 2. The number of sulfonamides is 1. The molecule has 0 fully saturated rings. The Bertz CT molecular complexity index is 562. The Labute approximate surface area is 85.4 Å². The molecular formula is C7H7N5O2S. The monoisotopic (exact) mass is 225 g/mol. The van der Waals surface area contributed by atoms with Gasteiger partial charge in [-0.1, -0.05) is 0 Å². The molecule has 0 saturated carbocycles. The Hall–Kier alpha value is -1.80. The van der Waals surface area contributed by atoms with Crippen LogP contribution in [0.4, 0.5) is 0 Å². The molecule has 2 aromatic heterocycles. The number of hydrogen-bond acceptors (Lipinski definition) is 5. The van der Waals surface area contributed by atoms with E-state index in [1.165, 1.54) is 18.6 Å². The molecule has 0 aromatic carbocycles. The van der Waals surface area contributed by atoms with E-state index in [2.05, 4.69) is 20.2 Å².